The Kier molecular flexibility index (Phi) is 6.36. The van der Waals surface area contributed by atoms with Crippen LogP contribution in [0.5, 0.6) is 11.5 Å². The predicted octanol–water partition coefficient (Wildman–Crippen LogP) is 4.50. The number of halogens is 1. The second kappa shape index (κ2) is 8.93. The van der Waals surface area contributed by atoms with Crippen LogP contribution in [0, 0.1) is 0 Å². The molecule has 1 aromatic heterocycles. The monoisotopic (exact) mass is 432 g/mol. The number of nitrogens with one attached hydrogen (secondary N) is 1. The SMILES string of the molecule is CCOC(=O)c1cc(NS(=O)(=O)c2ccc(Cl)cc2)ccc1Oc1cccnc1. The average molecular weight is 433 g/mol. The van der Waals surface area contributed by atoms with E-state index in [4.69, 9.17) is 21.1 Å². The highest BCUT2D eigenvalue weighted by Crippen LogP contribution is 2.29. The lowest BCUT2D eigenvalue weighted by Crippen LogP contribution is -2.14. The molecule has 150 valence electrons. The molecule has 0 aliphatic rings. The first-order valence-electron chi connectivity index (χ1n) is 8.56. The van der Waals surface area contributed by atoms with Gasteiger partial charge in [-0.2, -0.15) is 0 Å². The van der Waals surface area contributed by atoms with E-state index in [9.17, 15) is 13.2 Å². The summed E-state index contributed by atoms with van der Waals surface area (Å²) in [5.41, 5.74) is 0.258. The molecule has 2 aromatic carbocycles. The number of nitrogens with zero attached hydrogens (tertiary/aromatic N) is 1. The lowest BCUT2D eigenvalue weighted by molar-refractivity contribution is 0.0523. The summed E-state index contributed by atoms with van der Waals surface area (Å²) in [4.78, 5) is 16.4. The molecule has 9 heteroatoms. The van der Waals surface area contributed by atoms with Gasteiger partial charge in [0.25, 0.3) is 10.0 Å². The lowest BCUT2D eigenvalue weighted by atomic mass is 10.2. The third-order valence-electron chi connectivity index (χ3n) is 3.71. The van der Waals surface area contributed by atoms with Gasteiger partial charge >= 0.3 is 5.97 Å². The zero-order chi connectivity index (χ0) is 20.9. The van der Waals surface area contributed by atoms with Crippen LogP contribution >= 0.6 is 11.6 Å². The Morgan fingerprint density at radius 2 is 1.90 bits per heavy atom. The number of pyridine rings is 1. The van der Waals surface area contributed by atoms with Crippen molar-refractivity contribution in [2.45, 2.75) is 11.8 Å². The topological polar surface area (TPSA) is 94.6 Å². The van der Waals surface area contributed by atoms with Crippen LogP contribution in [0.2, 0.25) is 5.02 Å². The molecule has 0 radical (unpaired) electrons. The molecule has 0 bridgehead atoms. The van der Waals surface area contributed by atoms with E-state index in [0.717, 1.165) is 0 Å². The second-order valence-electron chi connectivity index (χ2n) is 5.78. The Bertz CT molecular complexity index is 1100. The number of carbonyl (C=O) groups excluding carboxylic acids is 1. The van der Waals surface area contributed by atoms with Crippen LogP contribution in [-0.4, -0.2) is 26.0 Å². The van der Waals surface area contributed by atoms with Crippen molar-refractivity contribution < 1.29 is 22.7 Å². The minimum absolute atomic E-state index is 0.0373. The minimum atomic E-state index is -3.87. The van der Waals surface area contributed by atoms with Crippen molar-refractivity contribution in [3.8, 4) is 11.5 Å². The maximum atomic E-state index is 12.6. The zero-order valence-electron chi connectivity index (χ0n) is 15.3. The van der Waals surface area contributed by atoms with Crippen molar-refractivity contribution in [1.29, 1.82) is 0 Å². The standard InChI is InChI=1S/C20H17ClN2O5S/c1-2-27-20(24)18-12-15(7-10-19(18)28-16-4-3-11-22-13-16)23-29(25,26)17-8-5-14(21)6-9-17/h3-13,23H,2H2,1H3. The van der Waals surface area contributed by atoms with Crippen molar-refractivity contribution in [3.05, 3.63) is 77.6 Å². The van der Waals surface area contributed by atoms with Gasteiger partial charge in [-0.1, -0.05) is 11.6 Å². The normalized spacial score (nSPS) is 11.0. The first kappa shape index (κ1) is 20.6. The molecule has 29 heavy (non-hydrogen) atoms. The van der Waals surface area contributed by atoms with Gasteiger partial charge in [0.2, 0.25) is 0 Å². The molecular formula is C20H17ClN2O5S. The summed E-state index contributed by atoms with van der Waals surface area (Å²) in [7, 11) is -3.87. The molecule has 1 N–H and O–H groups in total. The molecule has 0 amide bonds. The van der Waals surface area contributed by atoms with Crippen LogP contribution in [0.25, 0.3) is 0 Å². The minimum Gasteiger partial charge on any atom is -0.462 e. The number of hydrogen-bond acceptors (Lipinski definition) is 6. The number of carbonyl (C=O) groups is 1. The first-order chi connectivity index (χ1) is 13.9. The molecule has 1 heterocycles. The summed E-state index contributed by atoms with van der Waals surface area (Å²) in [6.07, 6.45) is 3.08. The molecule has 0 spiro atoms. The van der Waals surface area contributed by atoms with E-state index in [1.54, 1.807) is 25.3 Å². The smallest absolute Gasteiger partial charge is 0.342 e. The molecule has 7 nitrogen and oxygen atoms in total. The molecule has 0 unspecified atom stereocenters. The zero-order valence-corrected chi connectivity index (χ0v) is 16.9. The number of rotatable bonds is 7. The molecule has 0 saturated carbocycles. The van der Waals surface area contributed by atoms with Crippen molar-refractivity contribution in [2.24, 2.45) is 0 Å². The van der Waals surface area contributed by atoms with Crippen molar-refractivity contribution >= 4 is 33.3 Å². The fraction of sp³-hybridized carbons (Fsp3) is 0.100. The van der Waals surface area contributed by atoms with E-state index in [1.807, 2.05) is 0 Å². The van der Waals surface area contributed by atoms with Gasteiger partial charge in [-0.05, 0) is 61.5 Å². The molecular weight excluding hydrogens is 416 g/mol. The number of benzene rings is 2. The van der Waals surface area contributed by atoms with Gasteiger partial charge in [0.15, 0.2) is 0 Å². The summed E-state index contributed by atoms with van der Waals surface area (Å²) in [5.74, 6) is -0.00244. The van der Waals surface area contributed by atoms with Crippen molar-refractivity contribution in [3.63, 3.8) is 0 Å². The van der Waals surface area contributed by atoms with Crippen LogP contribution in [0.1, 0.15) is 17.3 Å². The van der Waals surface area contributed by atoms with Crippen LogP contribution in [0.4, 0.5) is 5.69 Å². The molecule has 0 fully saturated rings. The van der Waals surface area contributed by atoms with Gasteiger partial charge in [0.05, 0.1) is 17.7 Å². The van der Waals surface area contributed by atoms with E-state index in [0.29, 0.717) is 10.8 Å². The summed E-state index contributed by atoms with van der Waals surface area (Å²) in [6, 6.07) is 13.4. The highest BCUT2D eigenvalue weighted by atomic mass is 35.5. The Hall–Kier alpha value is -3.10. The maximum absolute atomic E-state index is 12.6. The van der Waals surface area contributed by atoms with Gasteiger partial charge in [0, 0.05) is 16.9 Å². The molecule has 3 aromatic rings. The van der Waals surface area contributed by atoms with Crippen LogP contribution in [0.3, 0.4) is 0 Å². The highest BCUT2D eigenvalue weighted by Gasteiger charge is 2.19. The second-order valence-corrected chi connectivity index (χ2v) is 7.90. The lowest BCUT2D eigenvalue weighted by Gasteiger charge is -2.13. The Labute approximate surface area is 173 Å². The number of ether oxygens (including phenoxy) is 2. The fourth-order valence-corrected chi connectivity index (χ4v) is 3.59. The largest absolute Gasteiger partial charge is 0.462 e. The van der Waals surface area contributed by atoms with Gasteiger partial charge in [-0.25, -0.2) is 13.2 Å². The summed E-state index contributed by atoms with van der Waals surface area (Å²) in [6.45, 7) is 1.83. The molecule has 3 rings (SSSR count). The van der Waals surface area contributed by atoms with E-state index in [2.05, 4.69) is 9.71 Å². The first-order valence-corrected chi connectivity index (χ1v) is 10.4. The number of aromatic nitrogens is 1. The average Bonchev–Trinajstić information content (AvgIpc) is 2.70. The summed E-state index contributed by atoms with van der Waals surface area (Å²) < 4.78 is 38.4. The Morgan fingerprint density at radius 3 is 2.55 bits per heavy atom. The van der Waals surface area contributed by atoms with E-state index < -0.39 is 16.0 Å². The summed E-state index contributed by atoms with van der Waals surface area (Å²) >= 11 is 5.81. The quantitative estimate of drug-likeness (QED) is 0.552. The Balaban J connectivity index is 1.92. The van der Waals surface area contributed by atoms with E-state index in [1.165, 1.54) is 48.7 Å². The van der Waals surface area contributed by atoms with Crippen LogP contribution < -0.4 is 9.46 Å². The number of hydrogen-bond donors (Lipinski definition) is 1. The van der Waals surface area contributed by atoms with E-state index >= 15 is 0 Å². The molecule has 0 saturated heterocycles. The maximum Gasteiger partial charge on any atom is 0.342 e. The van der Waals surface area contributed by atoms with Gasteiger partial charge in [-0.3, -0.25) is 9.71 Å². The highest BCUT2D eigenvalue weighted by molar-refractivity contribution is 7.92. The fourth-order valence-electron chi connectivity index (χ4n) is 2.41. The number of sulfonamides is 1. The van der Waals surface area contributed by atoms with Crippen molar-refractivity contribution in [1.82, 2.24) is 4.98 Å². The van der Waals surface area contributed by atoms with Gasteiger partial charge in [0.1, 0.15) is 17.1 Å². The van der Waals surface area contributed by atoms with Gasteiger partial charge < -0.3 is 9.47 Å². The molecule has 0 aliphatic heterocycles. The van der Waals surface area contributed by atoms with Crippen LogP contribution in [0.15, 0.2) is 71.9 Å². The third-order valence-corrected chi connectivity index (χ3v) is 5.36. The van der Waals surface area contributed by atoms with Gasteiger partial charge in [-0.15, -0.1) is 0 Å². The van der Waals surface area contributed by atoms with Crippen LogP contribution in [-0.2, 0) is 14.8 Å². The number of anilines is 1. The third kappa shape index (κ3) is 5.24. The predicted molar refractivity (Wildman–Crippen MR) is 109 cm³/mol. The van der Waals surface area contributed by atoms with E-state index in [-0.39, 0.29) is 28.5 Å². The number of esters is 1. The summed E-state index contributed by atoms with van der Waals surface area (Å²) in [5, 5.41) is 0.422. The Morgan fingerprint density at radius 1 is 1.14 bits per heavy atom. The van der Waals surface area contributed by atoms with Crippen molar-refractivity contribution in [2.75, 3.05) is 11.3 Å². The molecule has 0 atom stereocenters. The molecule has 0 aliphatic carbocycles.